The molecular formula is C13H20N2O2. The summed E-state index contributed by atoms with van der Waals surface area (Å²) in [6, 6.07) is 4.61. The van der Waals surface area contributed by atoms with E-state index in [2.05, 4.69) is 12.2 Å². The molecule has 1 saturated heterocycles. The van der Waals surface area contributed by atoms with Crippen LogP contribution in [0.1, 0.15) is 38.5 Å². The first-order chi connectivity index (χ1) is 8.16. The fraction of sp³-hybridized carbons (Fsp3) is 0.615. The highest BCUT2D eigenvalue weighted by atomic mass is 16.3. The molecule has 4 nitrogen and oxygen atoms in total. The molecule has 94 valence electrons. The summed E-state index contributed by atoms with van der Waals surface area (Å²) in [5, 5.41) is 3.55. The maximum Gasteiger partial charge on any atom is 0.219 e. The minimum absolute atomic E-state index is 0.183. The Morgan fingerprint density at radius 2 is 2.24 bits per heavy atom. The Morgan fingerprint density at radius 1 is 1.53 bits per heavy atom. The van der Waals surface area contributed by atoms with Crippen molar-refractivity contribution in [2.45, 2.75) is 38.8 Å². The number of amides is 1. The van der Waals surface area contributed by atoms with Crippen molar-refractivity contribution in [3.8, 4) is 0 Å². The van der Waals surface area contributed by atoms with Crippen LogP contribution in [0.3, 0.4) is 0 Å². The zero-order valence-electron chi connectivity index (χ0n) is 10.5. The van der Waals surface area contributed by atoms with Crippen molar-refractivity contribution in [2.75, 3.05) is 13.1 Å². The van der Waals surface area contributed by atoms with Crippen LogP contribution in [-0.2, 0) is 4.79 Å². The van der Waals surface area contributed by atoms with Crippen molar-refractivity contribution in [1.29, 1.82) is 0 Å². The third-order valence-electron chi connectivity index (χ3n) is 3.40. The van der Waals surface area contributed by atoms with Gasteiger partial charge in [-0.05, 0) is 31.9 Å². The van der Waals surface area contributed by atoms with E-state index in [-0.39, 0.29) is 11.9 Å². The molecule has 1 aliphatic heterocycles. The summed E-state index contributed by atoms with van der Waals surface area (Å²) in [6.07, 6.45) is 3.74. The summed E-state index contributed by atoms with van der Waals surface area (Å²) in [5.74, 6) is 1.15. The number of carbonyl (C=O) groups is 1. The predicted octanol–water partition coefficient (Wildman–Crippen LogP) is 1.94. The van der Waals surface area contributed by atoms with Crippen LogP contribution < -0.4 is 5.32 Å². The van der Waals surface area contributed by atoms with Crippen LogP contribution in [0.4, 0.5) is 0 Å². The average Bonchev–Trinajstić information content (AvgIpc) is 2.83. The van der Waals surface area contributed by atoms with Gasteiger partial charge in [0.25, 0.3) is 0 Å². The summed E-state index contributed by atoms with van der Waals surface area (Å²) < 4.78 is 5.37. The number of nitrogens with one attached hydrogen (secondary N) is 1. The molecule has 0 radical (unpaired) electrons. The van der Waals surface area contributed by atoms with E-state index < -0.39 is 0 Å². The molecular weight excluding hydrogens is 216 g/mol. The molecule has 1 N–H and O–H groups in total. The zero-order chi connectivity index (χ0) is 12.3. The van der Waals surface area contributed by atoms with Crippen molar-refractivity contribution >= 4 is 5.91 Å². The van der Waals surface area contributed by atoms with Gasteiger partial charge in [0.15, 0.2) is 0 Å². The monoisotopic (exact) mass is 236 g/mol. The number of carbonyl (C=O) groups excluding carboxylic acids is 1. The lowest BCUT2D eigenvalue weighted by molar-refractivity contribution is -0.129. The fourth-order valence-electron chi connectivity index (χ4n) is 2.33. The molecule has 2 rings (SSSR count). The first-order valence-corrected chi connectivity index (χ1v) is 6.22. The summed E-state index contributed by atoms with van der Waals surface area (Å²) in [6.45, 7) is 5.46. The largest absolute Gasteiger partial charge is 0.468 e. The molecule has 1 aliphatic rings. The smallest absolute Gasteiger partial charge is 0.219 e. The van der Waals surface area contributed by atoms with Crippen molar-refractivity contribution in [1.82, 2.24) is 10.2 Å². The molecule has 1 fully saturated rings. The first-order valence-electron chi connectivity index (χ1n) is 6.22. The summed E-state index contributed by atoms with van der Waals surface area (Å²) in [4.78, 5) is 13.1. The predicted molar refractivity (Wildman–Crippen MR) is 65.5 cm³/mol. The van der Waals surface area contributed by atoms with E-state index in [1.807, 2.05) is 17.0 Å². The third-order valence-corrected chi connectivity index (χ3v) is 3.40. The van der Waals surface area contributed by atoms with E-state index in [9.17, 15) is 4.79 Å². The number of nitrogens with zero attached hydrogens (tertiary/aromatic N) is 1. The lowest BCUT2D eigenvalue weighted by Crippen LogP contribution is -2.44. The van der Waals surface area contributed by atoms with Gasteiger partial charge in [0, 0.05) is 26.1 Å². The lowest BCUT2D eigenvalue weighted by Gasteiger charge is -2.33. The van der Waals surface area contributed by atoms with Crippen molar-refractivity contribution < 1.29 is 9.21 Å². The van der Waals surface area contributed by atoms with Gasteiger partial charge in [-0.2, -0.15) is 0 Å². The van der Waals surface area contributed by atoms with Gasteiger partial charge in [0.2, 0.25) is 5.91 Å². The van der Waals surface area contributed by atoms with E-state index in [0.717, 1.165) is 31.7 Å². The minimum atomic E-state index is 0.183. The lowest BCUT2D eigenvalue weighted by atomic mass is 10.0. The summed E-state index contributed by atoms with van der Waals surface area (Å²) in [5.41, 5.74) is 0. The van der Waals surface area contributed by atoms with E-state index in [1.54, 1.807) is 13.2 Å². The second kappa shape index (κ2) is 5.36. The Labute approximate surface area is 102 Å². The quantitative estimate of drug-likeness (QED) is 0.872. The maximum atomic E-state index is 11.2. The third kappa shape index (κ3) is 3.09. The second-order valence-corrected chi connectivity index (χ2v) is 4.68. The van der Waals surface area contributed by atoms with Gasteiger partial charge < -0.3 is 14.6 Å². The van der Waals surface area contributed by atoms with Crippen molar-refractivity contribution in [3.05, 3.63) is 24.2 Å². The Kier molecular flexibility index (Phi) is 3.84. The molecule has 1 aromatic heterocycles. The minimum Gasteiger partial charge on any atom is -0.468 e. The molecule has 0 unspecified atom stereocenters. The Morgan fingerprint density at radius 3 is 2.76 bits per heavy atom. The summed E-state index contributed by atoms with van der Waals surface area (Å²) >= 11 is 0. The molecule has 1 aromatic rings. The Balaban J connectivity index is 1.80. The van der Waals surface area contributed by atoms with Gasteiger partial charge in [0.1, 0.15) is 5.76 Å². The van der Waals surface area contributed by atoms with E-state index in [1.165, 1.54) is 0 Å². The highest BCUT2D eigenvalue weighted by Gasteiger charge is 2.22. The van der Waals surface area contributed by atoms with Crippen molar-refractivity contribution in [3.63, 3.8) is 0 Å². The van der Waals surface area contributed by atoms with E-state index in [0.29, 0.717) is 6.04 Å². The van der Waals surface area contributed by atoms with Crippen LogP contribution in [0.5, 0.6) is 0 Å². The van der Waals surface area contributed by atoms with Crippen LogP contribution in [0, 0.1) is 0 Å². The number of rotatable bonds is 3. The highest BCUT2D eigenvalue weighted by molar-refractivity contribution is 5.73. The number of furan rings is 1. The van der Waals surface area contributed by atoms with Gasteiger partial charge >= 0.3 is 0 Å². The molecule has 0 saturated carbocycles. The SMILES string of the molecule is CC(=O)N1CCC(N[C@H](C)c2ccco2)CC1. The van der Waals surface area contributed by atoms with Crippen LogP contribution in [-0.4, -0.2) is 29.9 Å². The van der Waals surface area contributed by atoms with Gasteiger partial charge in [-0.25, -0.2) is 0 Å². The second-order valence-electron chi connectivity index (χ2n) is 4.68. The maximum absolute atomic E-state index is 11.2. The van der Waals surface area contributed by atoms with E-state index in [4.69, 9.17) is 4.42 Å². The van der Waals surface area contributed by atoms with Crippen molar-refractivity contribution in [2.24, 2.45) is 0 Å². The standard InChI is InChI=1S/C13H20N2O2/c1-10(13-4-3-9-17-13)14-12-5-7-15(8-6-12)11(2)16/h3-4,9-10,12,14H,5-8H2,1-2H3/t10-/m1/s1. The molecule has 2 heterocycles. The molecule has 1 amide bonds. The summed E-state index contributed by atoms with van der Waals surface area (Å²) in [7, 11) is 0. The first kappa shape index (κ1) is 12.2. The molecule has 0 aromatic carbocycles. The molecule has 1 atom stereocenters. The van der Waals surface area contributed by atoms with Crippen LogP contribution in [0.2, 0.25) is 0 Å². The van der Waals surface area contributed by atoms with Crippen LogP contribution in [0.25, 0.3) is 0 Å². The number of piperidine rings is 1. The van der Waals surface area contributed by atoms with Crippen LogP contribution >= 0.6 is 0 Å². The van der Waals surface area contributed by atoms with Gasteiger partial charge in [0.05, 0.1) is 12.3 Å². The molecule has 0 bridgehead atoms. The Hall–Kier alpha value is -1.29. The topological polar surface area (TPSA) is 45.5 Å². The molecule has 0 aliphatic carbocycles. The highest BCUT2D eigenvalue weighted by Crippen LogP contribution is 2.17. The number of likely N-dealkylation sites (tertiary alicyclic amines) is 1. The molecule has 0 spiro atoms. The Bertz CT molecular complexity index is 354. The number of hydrogen-bond donors (Lipinski definition) is 1. The molecule has 17 heavy (non-hydrogen) atoms. The van der Waals surface area contributed by atoms with Gasteiger partial charge in [-0.15, -0.1) is 0 Å². The van der Waals surface area contributed by atoms with Gasteiger partial charge in [-0.3, -0.25) is 4.79 Å². The number of hydrogen-bond acceptors (Lipinski definition) is 3. The van der Waals surface area contributed by atoms with Crippen LogP contribution in [0.15, 0.2) is 22.8 Å². The normalized spacial score (nSPS) is 19.3. The average molecular weight is 236 g/mol. The van der Waals surface area contributed by atoms with E-state index >= 15 is 0 Å². The molecule has 4 heteroatoms. The van der Waals surface area contributed by atoms with Gasteiger partial charge in [-0.1, -0.05) is 0 Å². The fourth-order valence-corrected chi connectivity index (χ4v) is 2.33. The zero-order valence-corrected chi connectivity index (χ0v) is 10.5.